The maximum atomic E-state index is 11.8. The van der Waals surface area contributed by atoms with Crippen LogP contribution >= 0.6 is 0 Å². The van der Waals surface area contributed by atoms with E-state index in [0.717, 1.165) is 0 Å². The molecule has 0 spiro atoms. The minimum Gasteiger partial charge on any atom is -0.439 e. The lowest BCUT2D eigenvalue weighted by Crippen LogP contribution is -2.73. The summed E-state index contributed by atoms with van der Waals surface area (Å²) in [7, 11) is -1.97. The number of esters is 1. The Hall–Kier alpha value is -0.883. The summed E-state index contributed by atoms with van der Waals surface area (Å²) in [5.74, 6) is -0.988. The molecule has 20 heavy (non-hydrogen) atoms. The third-order valence-corrected chi connectivity index (χ3v) is 8.93. The Bertz CT molecular complexity index is 416. The van der Waals surface area contributed by atoms with Gasteiger partial charge >= 0.3 is 5.97 Å². The van der Waals surface area contributed by atoms with Crippen molar-refractivity contribution < 1.29 is 18.8 Å². The standard InChI is InChI=1S/C14H27NO4Si/c1-9(19-20(7,8)13(3,4)5)11-12(17)15-14(11,6)18-10(2)16/h9,11H,1-8H3,(H,15,17)/t9?,11-,14-/m1/s1. The normalized spacial score (nSPS) is 28.4. The molecule has 0 saturated carbocycles. The summed E-state index contributed by atoms with van der Waals surface area (Å²) in [5, 5.41) is 2.73. The maximum absolute atomic E-state index is 11.8. The van der Waals surface area contributed by atoms with Gasteiger partial charge in [-0.3, -0.25) is 9.59 Å². The van der Waals surface area contributed by atoms with Gasteiger partial charge in [-0.1, -0.05) is 20.8 Å². The second kappa shape index (κ2) is 5.15. The fraction of sp³-hybridized carbons (Fsp3) is 0.857. The highest BCUT2D eigenvalue weighted by molar-refractivity contribution is 6.74. The number of nitrogens with one attached hydrogen (secondary N) is 1. The number of ether oxygens (including phenoxy) is 1. The van der Waals surface area contributed by atoms with Crippen LogP contribution in [0.15, 0.2) is 0 Å². The molecule has 1 saturated heterocycles. The average molecular weight is 301 g/mol. The zero-order valence-corrected chi connectivity index (χ0v) is 14.8. The first-order chi connectivity index (χ1) is 8.80. The molecule has 1 unspecified atom stereocenters. The molecule has 0 aromatic heterocycles. The third kappa shape index (κ3) is 3.23. The van der Waals surface area contributed by atoms with E-state index < -0.39 is 25.9 Å². The van der Waals surface area contributed by atoms with E-state index >= 15 is 0 Å². The fourth-order valence-corrected chi connectivity index (χ4v) is 3.75. The second-order valence-corrected chi connectivity index (χ2v) is 12.0. The Morgan fingerprint density at radius 3 is 2.25 bits per heavy atom. The molecular formula is C14H27NO4Si. The molecule has 3 atom stereocenters. The lowest BCUT2D eigenvalue weighted by molar-refractivity contribution is -0.197. The van der Waals surface area contributed by atoms with E-state index in [9.17, 15) is 9.59 Å². The molecular weight excluding hydrogens is 274 g/mol. The molecule has 6 heteroatoms. The molecule has 1 fully saturated rings. The van der Waals surface area contributed by atoms with Crippen LogP contribution in [0.1, 0.15) is 41.5 Å². The zero-order chi connectivity index (χ0) is 15.9. The molecule has 1 amide bonds. The predicted octanol–water partition coefficient (Wildman–Crippen LogP) is 2.42. The molecule has 5 nitrogen and oxygen atoms in total. The molecule has 1 N–H and O–H groups in total. The summed E-state index contributed by atoms with van der Waals surface area (Å²) in [4.78, 5) is 23.0. The molecule has 1 aliphatic heterocycles. The van der Waals surface area contributed by atoms with E-state index in [1.165, 1.54) is 6.92 Å². The summed E-state index contributed by atoms with van der Waals surface area (Å²) in [6, 6.07) is 0. The van der Waals surface area contributed by atoms with Crippen molar-refractivity contribution in [2.75, 3.05) is 0 Å². The Labute approximate surface area is 122 Å². The van der Waals surface area contributed by atoms with Gasteiger partial charge in [0.05, 0.1) is 6.10 Å². The predicted molar refractivity (Wildman–Crippen MR) is 79.5 cm³/mol. The van der Waals surface area contributed by atoms with Crippen LogP contribution in [0.3, 0.4) is 0 Å². The molecule has 0 aromatic carbocycles. The highest BCUT2D eigenvalue weighted by Gasteiger charge is 2.57. The van der Waals surface area contributed by atoms with Crippen molar-refractivity contribution in [3.63, 3.8) is 0 Å². The Balaban J connectivity index is 2.83. The van der Waals surface area contributed by atoms with E-state index in [-0.39, 0.29) is 17.0 Å². The smallest absolute Gasteiger partial charge is 0.304 e. The van der Waals surface area contributed by atoms with Crippen molar-refractivity contribution in [3.8, 4) is 0 Å². The lowest BCUT2D eigenvalue weighted by Gasteiger charge is -2.50. The van der Waals surface area contributed by atoms with Gasteiger partial charge < -0.3 is 14.5 Å². The number of amides is 1. The van der Waals surface area contributed by atoms with Crippen molar-refractivity contribution in [2.45, 2.75) is 71.5 Å². The Kier molecular flexibility index (Phi) is 4.42. The number of hydrogen-bond acceptors (Lipinski definition) is 4. The van der Waals surface area contributed by atoms with E-state index in [1.807, 2.05) is 6.92 Å². The van der Waals surface area contributed by atoms with Gasteiger partial charge in [0.2, 0.25) is 5.91 Å². The van der Waals surface area contributed by atoms with E-state index in [0.29, 0.717) is 0 Å². The van der Waals surface area contributed by atoms with Gasteiger partial charge in [0.15, 0.2) is 14.0 Å². The summed E-state index contributed by atoms with van der Waals surface area (Å²) in [5.41, 5.74) is -0.954. The van der Waals surface area contributed by atoms with E-state index in [2.05, 4.69) is 39.2 Å². The first-order valence-corrected chi connectivity index (χ1v) is 9.90. The van der Waals surface area contributed by atoms with Crippen molar-refractivity contribution in [2.24, 2.45) is 5.92 Å². The minimum atomic E-state index is -1.97. The van der Waals surface area contributed by atoms with Crippen LogP contribution in [0.4, 0.5) is 0 Å². The number of β-lactam (4-membered cyclic amide) rings is 1. The van der Waals surface area contributed by atoms with E-state index in [1.54, 1.807) is 6.92 Å². The summed E-state index contributed by atoms with van der Waals surface area (Å²) in [6.07, 6.45) is -0.283. The molecule has 1 aliphatic rings. The number of hydrogen-bond donors (Lipinski definition) is 1. The van der Waals surface area contributed by atoms with Gasteiger partial charge in [0, 0.05) is 6.92 Å². The fourth-order valence-electron chi connectivity index (χ4n) is 2.33. The quantitative estimate of drug-likeness (QED) is 0.492. The van der Waals surface area contributed by atoms with Crippen molar-refractivity contribution in [3.05, 3.63) is 0 Å². The van der Waals surface area contributed by atoms with Gasteiger partial charge in [0.25, 0.3) is 0 Å². The highest BCUT2D eigenvalue weighted by Crippen LogP contribution is 2.40. The molecule has 0 aliphatic carbocycles. The Morgan fingerprint density at radius 2 is 1.90 bits per heavy atom. The van der Waals surface area contributed by atoms with Crippen molar-refractivity contribution in [1.82, 2.24) is 5.32 Å². The first kappa shape index (κ1) is 17.2. The first-order valence-electron chi connectivity index (χ1n) is 6.99. The van der Waals surface area contributed by atoms with Crippen LogP contribution < -0.4 is 5.32 Å². The van der Waals surface area contributed by atoms with Gasteiger partial charge in [-0.25, -0.2) is 0 Å². The van der Waals surface area contributed by atoms with Crippen LogP contribution in [0.5, 0.6) is 0 Å². The van der Waals surface area contributed by atoms with Crippen molar-refractivity contribution >= 4 is 20.2 Å². The molecule has 0 radical (unpaired) electrons. The van der Waals surface area contributed by atoms with Crippen LogP contribution in [-0.2, 0) is 18.8 Å². The molecule has 1 rings (SSSR count). The molecule has 0 aromatic rings. The number of rotatable bonds is 4. The largest absolute Gasteiger partial charge is 0.439 e. The molecule has 1 heterocycles. The summed E-state index contributed by atoms with van der Waals surface area (Å²) >= 11 is 0. The number of carbonyl (C=O) groups excluding carboxylic acids is 2. The number of carbonyl (C=O) groups is 2. The SMILES string of the molecule is CC(=O)O[C@@]1(C)NC(=O)[C@H]1C(C)O[Si](C)(C)C(C)(C)C. The minimum absolute atomic E-state index is 0.0688. The van der Waals surface area contributed by atoms with Crippen LogP contribution in [0, 0.1) is 5.92 Å². The molecule has 0 bridgehead atoms. The second-order valence-electron chi connectivity index (χ2n) is 7.25. The van der Waals surface area contributed by atoms with Crippen LogP contribution in [0.25, 0.3) is 0 Å². The van der Waals surface area contributed by atoms with Gasteiger partial charge in [0.1, 0.15) is 5.92 Å². The Morgan fingerprint density at radius 1 is 1.40 bits per heavy atom. The van der Waals surface area contributed by atoms with E-state index in [4.69, 9.17) is 9.16 Å². The van der Waals surface area contributed by atoms with Crippen LogP contribution in [-0.4, -0.2) is 32.0 Å². The monoisotopic (exact) mass is 301 g/mol. The van der Waals surface area contributed by atoms with Gasteiger partial charge in [-0.15, -0.1) is 0 Å². The zero-order valence-electron chi connectivity index (χ0n) is 13.8. The molecule has 116 valence electrons. The van der Waals surface area contributed by atoms with Crippen LogP contribution in [0.2, 0.25) is 18.1 Å². The topological polar surface area (TPSA) is 64.6 Å². The van der Waals surface area contributed by atoms with Gasteiger partial charge in [-0.05, 0) is 32.0 Å². The lowest BCUT2D eigenvalue weighted by atomic mass is 9.83. The maximum Gasteiger partial charge on any atom is 0.304 e. The average Bonchev–Trinajstić information content (AvgIpc) is 2.10. The summed E-state index contributed by atoms with van der Waals surface area (Å²) in [6.45, 7) is 15.7. The van der Waals surface area contributed by atoms with Crippen molar-refractivity contribution in [1.29, 1.82) is 0 Å². The van der Waals surface area contributed by atoms with Gasteiger partial charge in [-0.2, -0.15) is 0 Å². The summed E-state index contributed by atoms with van der Waals surface area (Å²) < 4.78 is 11.5. The third-order valence-electron chi connectivity index (χ3n) is 4.36. The highest BCUT2D eigenvalue weighted by atomic mass is 28.4.